The molecular formula is C22H18F4N6O. The molecule has 3 heterocycles. The second kappa shape index (κ2) is 8.05. The molecule has 33 heavy (non-hydrogen) atoms. The van der Waals surface area contributed by atoms with Crippen LogP contribution in [0.2, 0.25) is 0 Å². The third-order valence-corrected chi connectivity index (χ3v) is 6.04. The number of aromatic nitrogens is 4. The largest absolute Gasteiger partial charge is 0.434 e. The maximum atomic E-state index is 13.5. The van der Waals surface area contributed by atoms with Crippen LogP contribution in [0.4, 0.5) is 23.4 Å². The molecule has 1 saturated carbocycles. The summed E-state index contributed by atoms with van der Waals surface area (Å²) in [6.45, 7) is 0.582. The van der Waals surface area contributed by atoms with Crippen LogP contribution >= 0.6 is 0 Å². The lowest BCUT2D eigenvalue weighted by atomic mass is 10.0. The number of anilines is 1. The molecule has 0 unspecified atom stereocenters. The minimum atomic E-state index is -4.55. The summed E-state index contributed by atoms with van der Waals surface area (Å²) in [7, 11) is 0. The Kier molecular flexibility index (Phi) is 5.18. The number of likely N-dealkylation sites (tertiary alicyclic amines) is 1. The van der Waals surface area contributed by atoms with Gasteiger partial charge >= 0.3 is 6.18 Å². The lowest BCUT2D eigenvalue weighted by molar-refractivity contribution is -0.141. The first-order valence-corrected chi connectivity index (χ1v) is 10.3. The Bertz CT molecular complexity index is 1170. The molecule has 2 aromatic heterocycles. The molecule has 0 radical (unpaired) electrons. The predicted octanol–water partition coefficient (Wildman–Crippen LogP) is 3.81. The van der Waals surface area contributed by atoms with E-state index in [9.17, 15) is 22.4 Å². The zero-order valence-corrected chi connectivity index (χ0v) is 17.1. The Balaban J connectivity index is 1.35. The first kappa shape index (κ1) is 21.2. The molecule has 1 aliphatic carbocycles. The Morgan fingerprint density at radius 3 is 2.42 bits per heavy atom. The number of benzene rings is 1. The van der Waals surface area contributed by atoms with Crippen LogP contribution in [0.15, 0.2) is 49.1 Å². The van der Waals surface area contributed by atoms with Crippen molar-refractivity contribution in [3.05, 3.63) is 66.1 Å². The zero-order valence-electron chi connectivity index (χ0n) is 17.1. The molecular weight excluding hydrogens is 440 g/mol. The van der Waals surface area contributed by atoms with Gasteiger partial charge in [0.25, 0.3) is 5.91 Å². The van der Waals surface area contributed by atoms with E-state index < -0.39 is 17.7 Å². The van der Waals surface area contributed by atoms with Crippen molar-refractivity contribution in [2.75, 3.05) is 11.9 Å². The number of hydrogen-bond donors (Lipinski definition) is 1. The Labute approximate surface area is 185 Å². The van der Waals surface area contributed by atoms with Crippen molar-refractivity contribution in [1.29, 1.82) is 0 Å². The van der Waals surface area contributed by atoms with E-state index in [1.807, 2.05) is 0 Å². The van der Waals surface area contributed by atoms with E-state index in [1.165, 1.54) is 0 Å². The summed E-state index contributed by atoms with van der Waals surface area (Å²) in [5.74, 6) is -0.0173. The highest BCUT2D eigenvalue weighted by Crippen LogP contribution is 2.40. The maximum absolute atomic E-state index is 13.5. The molecule has 1 amide bonds. The van der Waals surface area contributed by atoms with Crippen molar-refractivity contribution in [3.8, 4) is 11.4 Å². The number of hydrogen-bond acceptors (Lipinski definition) is 6. The van der Waals surface area contributed by atoms with E-state index in [0.717, 1.165) is 31.4 Å². The first-order chi connectivity index (χ1) is 15.8. The fraction of sp³-hybridized carbons (Fsp3) is 0.318. The highest BCUT2D eigenvalue weighted by molar-refractivity contribution is 6.00. The molecule has 1 saturated heterocycles. The molecule has 1 aromatic carbocycles. The molecule has 2 bridgehead atoms. The Morgan fingerprint density at radius 1 is 1.00 bits per heavy atom. The van der Waals surface area contributed by atoms with Gasteiger partial charge in [-0.1, -0.05) is 18.2 Å². The standard InChI is InChI=1S/C22H18F4N6O/c23-13-7-29-20(30-8-13)14-3-1-2-4-15(14)21(33)32-11-12-5-16(17(32)6-12)31-19-10-27-18(9-28-19)22(24,25)26/h1-4,7-10,12,16-17H,5-6,11H2,(H,28,31)/t12-,16+,17-/m0/s1. The van der Waals surface area contributed by atoms with Crippen LogP contribution in [0.3, 0.4) is 0 Å². The van der Waals surface area contributed by atoms with Crippen LogP contribution < -0.4 is 5.32 Å². The lowest BCUT2D eigenvalue weighted by Crippen LogP contribution is -2.47. The number of amides is 1. The molecule has 1 aliphatic heterocycles. The Morgan fingerprint density at radius 2 is 1.76 bits per heavy atom. The maximum Gasteiger partial charge on any atom is 0.434 e. The highest BCUT2D eigenvalue weighted by Gasteiger charge is 2.47. The second-order valence-corrected chi connectivity index (χ2v) is 8.17. The number of rotatable bonds is 4. The first-order valence-electron chi connectivity index (χ1n) is 10.3. The fourth-order valence-electron chi connectivity index (χ4n) is 4.62. The summed E-state index contributed by atoms with van der Waals surface area (Å²) in [4.78, 5) is 30.5. The van der Waals surface area contributed by atoms with Crippen molar-refractivity contribution in [1.82, 2.24) is 24.8 Å². The SMILES string of the molecule is O=C(c1ccccc1-c1ncc(F)cn1)N1C[C@H]2C[C@@H](Nc3cnc(C(F)(F)F)cn3)[C@@H]1C2. The van der Waals surface area contributed by atoms with Gasteiger partial charge in [0.2, 0.25) is 0 Å². The predicted molar refractivity (Wildman–Crippen MR) is 109 cm³/mol. The minimum Gasteiger partial charge on any atom is -0.364 e. The number of nitrogens with one attached hydrogen (secondary N) is 1. The molecule has 2 aliphatic rings. The third-order valence-electron chi connectivity index (χ3n) is 6.04. The zero-order chi connectivity index (χ0) is 23.2. The number of nitrogens with zero attached hydrogens (tertiary/aromatic N) is 5. The van der Waals surface area contributed by atoms with Crippen LogP contribution in [0.1, 0.15) is 28.9 Å². The molecule has 3 atom stereocenters. The quantitative estimate of drug-likeness (QED) is 0.599. The Hall–Kier alpha value is -3.63. The normalized spacial score (nSPS) is 21.9. The number of halogens is 4. The molecule has 7 nitrogen and oxygen atoms in total. The summed E-state index contributed by atoms with van der Waals surface area (Å²) in [6.07, 6.45) is 0.855. The summed E-state index contributed by atoms with van der Waals surface area (Å²) < 4.78 is 51.4. The van der Waals surface area contributed by atoms with Crippen LogP contribution in [0, 0.1) is 11.7 Å². The van der Waals surface area contributed by atoms with Gasteiger partial charge in [0.05, 0.1) is 36.4 Å². The average molecular weight is 458 g/mol. The van der Waals surface area contributed by atoms with Gasteiger partial charge in [0.15, 0.2) is 17.3 Å². The van der Waals surface area contributed by atoms with E-state index in [1.54, 1.807) is 29.2 Å². The number of alkyl halides is 3. The highest BCUT2D eigenvalue weighted by atomic mass is 19.4. The third kappa shape index (κ3) is 4.10. The van der Waals surface area contributed by atoms with E-state index in [2.05, 4.69) is 25.3 Å². The molecule has 11 heteroatoms. The number of carbonyl (C=O) groups is 1. The molecule has 2 fully saturated rings. The van der Waals surface area contributed by atoms with Gasteiger partial charge < -0.3 is 10.2 Å². The molecule has 3 aromatic rings. The molecule has 5 rings (SSSR count). The van der Waals surface area contributed by atoms with E-state index >= 15 is 0 Å². The number of carbonyl (C=O) groups excluding carboxylic acids is 1. The van der Waals surface area contributed by atoms with E-state index in [0.29, 0.717) is 23.9 Å². The van der Waals surface area contributed by atoms with Gasteiger partial charge in [0.1, 0.15) is 5.82 Å². The van der Waals surface area contributed by atoms with Crippen LogP contribution in [0.25, 0.3) is 11.4 Å². The van der Waals surface area contributed by atoms with Crippen LogP contribution in [-0.4, -0.2) is 49.4 Å². The minimum absolute atomic E-state index is 0.145. The van der Waals surface area contributed by atoms with Gasteiger partial charge in [-0.3, -0.25) is 4.79 Å². The van der Waals surface area contributed by atoms with Crippen LogP contribution in [0.5, 0.6) is 0 Å². The van der Waals surface area contributed by atoms with E-state index in [4.69, 9.17) is 0 Å². The lowest BCUT2D eigenvalue weighted by Gasteiger charge is -2.34. The summed E-state index contributed by atoms with van der Waals surface area (Å²) in [6, 6.07) is 6.58. The second-order valence-electron chi connectivity index (χ2n) is 8.17. The van der Waals surface area contributed by atoms with Crippen LogP contribution in [-0.2, 0) is 6.18 Å². The monoisotopic (exact) mass is 458 g/mol. The summed E-state index contributed by atoms with van der Waals surface area (Å²) in [5, 5.41) is 3.14. The average Bonchev–Trinajstić information content (AvgIpc) is 3.40. The van der Waals surface area contributed by atoms with E-state index in [-0.39, 0.29) is 35.6 Å². The van der Waals surface area contributed by atoms with Gasteiger partial charge in [-0.05, 0) is 24.8 Å². The van der Waals surface area contributed by atoms with Crippen molar-refractivity contribution in [3.63, 3.8) is 0 Å². The fourth-order valence-corrected chi connectivity index (χ4v) is 4.62. The van der Waals surface area contributed by atoms with Gasteiger partial charge in [0, 0.05) is 18.2 Å². The number of piperidine rings is 1. The smallest absolute Gasteiger partial charge is 0.364 e. The van der Waals surface area contributed by atoms with Gasteiger partial charge in [-0.25, -0.2) is 24.3 Å². The van der Waals surface area contributed by atoms with Crippen molar-refractivity contribution < 1.29 is 22.4 Å². The number of fused-ring (bicyclic) bond motifs is 2. The molecule has 0 spiro atoms. The van der Waals surface area contributed by atoms with Crippen molar-refractivity contribution >= 4 is 11.7 Å². The van der Waals surface area contributed by atoms with Gasteiger partial charge in [-0.2, -0.15) is 13.2 Å². The van der Waals surface area contributed by atoms with Gasteiger partial charge in [-0.15, -0.1) is 0 Å². The molecule has 1 N–H and O–H groups in total. The topological polar surface area (TPSA) is 83.9 Å². The molecule has 170 valence electrons. The van der Waals surface area contributed by atoms with Crippen molar-refractivity contribution in [2.24, 2.45) is 5.92 Å². The van der Waals surface area contributed by atoms with Crippen molar-refractivity contribution in [2.45, 2.75) is 31.1 Å². The summed E-state index contributed by atoms with van der Waals surface area (Å²) >= 11 is 0. The summed E-state index contributed by atoms with van der Waals surface area (Å²) in [5.41, 5.74) is -0.148.